The quantitative estimate of drug-likeness (QED) is 0.749. The van der Waals surface area contributed by atoms with Crippen LogP contribution >= 0.6 is 11.3 Å². The minimum Gasteiger partial charge on any atom is -0.392 e. The van der Waals surface area contributed by atoms with Gasteiger partial charge < -0.3 is 10.4 Å². The number of aliphatic hydroxyl groups is 1. The Balaban J connectivity index is 2.49. The number of hydrogen-bond donors (Lipinski definition) is 2. The average Bonchev–Trinajstić information content (AvgIpc) is 2.47. The second-order valence-electron chi connectivity index (χ2n) is 2.81. The van der Waals surface area contributed by atoms with E-state index in [1.807, 2.05) is 6.92 Å². The van der Waals surface area contributed by atoms with E-state index in [2.05, 4.69) is 10.3 Å². The lowest BCUT2D eigenvalue weighted by atomic mass is 10.4. The third-order valence-electron chi connectivity index (χ3n) is 1.41. The first-order chi connectivity index (χ1) is 6.09. The number of nitrogens with one attached hydrogen (secondary N) is 1. The summed E-state index contributed by atoms with van der Waals surface area (Å²) in [5.41, 5.74) is 0.420. The van der Waals surface area contributed by atoms with Gasteiger partial charge in [0, 0.05) is 11.9 Å². The van der Waals surface area contributed by atoms with Gasteiger partial charge in [0.25, 0.3) is 5.91 Å². The van der Waals surface area contributed by atoms with Crippen LogP contribution < -0.4 is 5.32 Å². The predicted molar refractivity (Wildman–Crippen MR) is 50.9 cm³/mol. The number of carbonyl (C=O) groups excluding carboxylic acids is 1. The number of aromatic nitrogens is 1. The van der Waals surface area contributed by atoms with Crippen LogP contribution in [0.15, 0.2) is 5.38 Å². The number of amides is 1. The van der Waals surface area contributed by atoms with Crippen LogP contribution in [0.3, 0.4) is 0 Å². The van der Waals surface area contributed by atoms with Crippen molar-refractivity contribution in [3.05, 3.63) is 16.1 Å². The topological polar surface area (TPSA) is 62.2 Å². The second-order valence-corrected chi connectivity index (χ2v) is 3.87. The van der Waals surface area contributed by atoms with Crippen LogP contribution in [0.4, 0.5) is 0 Å². The fraction of sp³-hybridized carbons (Fsp3) is 0.500. The summed E-state index contributed by atoms with van der Waals surface area (Å²) in [5.74, 6) is -0.231. The number of aliphatic hydroxyl groups excluding tert-OH is 1. The highest BCUT2D eigenvalue weighted by atomic mass is 32.1. The molecule has 0 fully saturated rings. The Morgan fingerprint density at radius 1 is 1.85 bits per heavy atom. The van der Waals surface area contributed by atoms with Crippen LogP contribution in [0.1, 0.15) is 22.4 Å². The van der Waals surface area contributed by atoms with E-state index < -0.39 is 6.10 Å². The zero-order chi connectivity index (χ0) is 9.84. The Morgan fingerprint density at radius 3 is 3.00 bits per heavy atom. The Hall–Kier alpha value is -0.940. The molecule has 2 N–H and O–H groups in total. The van der Waals surface area contributed by atoms with Gasteiger partial charge in [-0.3, -0.25) is 4.79 Å². The van der Waals surface area contributed by atoms with Gasteiger partial charge >= 0.3 is 0 Å². The zero-order valence-electron chi connectivity index (χ0n) is 7.57. The van der Waals surface area contributed by atoms with Crippen LogP contribution in [0.25, 0.3) is 0 Å². The zero-order valence-corrected chi connectivity index (χ0v) is 8.39. The molecular weight excluding hydrogens is 188 g/mol. The molecule has 0 saturated carbocycles. The molecule has 1 aromatic heterocycles. The summed E-state index contributed by atoms with van der Waals surface area (Å²) in [6, 6.07) is 0. The Bertz CT molecular complexity index is 296. The summed E-state index contributed by atoms with van der Waals surface area (Å²) in [6.45, 7) is 3.72. The number of carbonyl (C=O) groups is 1. The molecule has 1 rings (SSSR count). The maximum atomic E-state index is 11.3. The van der Waals surface area contributed by atoms with Crippen molar-refractivity contribution in [2.24, 2.45) is 0 Å². The van der Waals surface area contributed by atoms with Gasteiger partial charge in [0.05, 0.1) is 11.1 Å². The fourth-order valence-corrected chi connectivity index (χ4v) is 1.39. The van der Waals surface area contributed by atoms with Crippen LogP contribution in [-0.4, -0.2) is 28.6 Å². The highest BCUT2D eigenvalue weighted by Crippen LogP contribution is 2.07. The molecular formula is C8H12N2O2S. The molecule has 0 aromatic carbocycles. The van der Waals surface area contributed by atoms with E-state index in [1.165, 1.54) is 11.3 Å². The van der Waals surface area contributed by atoms with E-state index in [9.17, 15) is 4.79 Å². The summed E-state index contributed by atoms with van der Waals surface area (Å²) >= 11 is 1.43. The first kappa shape index (κ1) is 10.1. The molecule has 72 valence electrons. The van der Waals surface area contributed by atoms with Crippen LogP contribution in [0.5, 0.6) is 0 Å². The number of rotatable bonds is 3. The van der Waals surface area contributed by atoms with Crippen molar-refractivity contribution in [1.29, 1.82) is 0 Å². The molecule has 0 spiro atoms. The molecule has 1 atom stereocenters. The van der Waals surface area contributed by atoms with Crippen molar-refractivity contribution in [3.8, 4) is 0 Å². The van der Waals surface area contributed by atoms with E-state index in [-0.39, 0.29) is 12.5 Å². The lowest BCUT2D eigenvalue weighted by Gasteiger charge is -2.04. The molecule has 13 heavy (non-hydrogen) atoms. The van der Waals surface area contributed by atoms with Gasteiger partial charge in [-0.05, 0) is 13.8 Å². The van der Waals surface area contributed by atoms with Crippen molar-refractivity contribution < 1.29 is 9.90 Å². The standard InChI is InChI=1S/C8H12N2O2S/c1-5(11)3-9-8(12)7-4-13-6(2)10-7/h4-5,11H,3H2,1-2H3,(H,9,12). The first-order valence-electron chi connectivity index (χ1n) is 3.98. The fourth-order valence-electron chi connectivity index (χ4n) is 0.799. The van der Waals surface area contributed by atoms with Gasteiger partial charge in [0.15, 0.2) is 0 Å². The summed E-state index contributed by atoms with van der Waals surface area (Å²) < 4.78 is 0. The van der Waals surface area contributed by atoms with Gasteiger partial charge in [-0.25, -0.2) is 4.98 Å². The van der Waals surface area contributed by atoms with E-state index in [0.717, 1.165) is 5.01 Å². The number of hydrogen-bond acceptors (Lipinski definition) is 4. The molecule has 0 radical (unpaired) electrons. The van der Waals surface area contributed by atoms with Crippen molar-refractivity contribution in [2.45, 2.75) is 20.0 Å². The molecule has 1 unspecified atom stereocenters. The van der Waals surface area contributed by atoms with Gasteiger partial charge in [-0.1, -0.05) is 0 Å². The van der Waals surface area contributed by atoms with Crippen LogP contribution in [0, 0.1) is 6.92 Å². The molecule has 1 aromatic rings. The third kappa shape index (κ3) is 3.12. The first-order valence-corrected chi connectivity index (χ1v) is 4.86. The highest BCUT2D eigenvalue weighted by Gasteiger charge is 2.08. The third-order valence-corrected chi connectivity index (χ3v) is 2.18. The minimum atomic E-state index is -0.524. The van der Waals surface area contributed by atoms with E-state index in [4.69, 9.17) is 5.11 Å². The molecule has 0 aliphatic heterocycles. The Morgan fingerprint density at radius 2 is 2.54 bits per heavy atom. The molecule has 0 aliphatic carbocycles. The minimum absolute atomic E-state index is 0.231. The smallest absolute Gasteiger partial charge is 0.270 e. The van der Waals surface area contributed by atoms with Gasteiger partial charge in [-0.2, -0.15) is 0 Å². The summed E-state index contributed by atoms with van der Waals surface area (Å²) in [5, 5.41) is 14.1. The van der Waals surface area contributed by atoms with Crippen molar-refractivity contribution >= 4 is 17.2 Å². The van der Waals surface area contributed by atoms with Crippen molar-refractivity contribution in [2.75, 3.05) is 6.54 Å². The SMILES string of the molecule is Cc1nc(C(=O)NCC(C)O)cs1. The molecule has 5 heteroatoms. The maximum absolute atomic E-state index is 11.3. The normalized spacial score (nSPS) is 12.5. The highest BCUT2D eigenvalue weighted by molar-refractivity contribution is 7.09. The van der Waals surface area contributed by atoms with Gasteiger partial charge in [-0.15, -0.1) is 11.3 Å². The average molecular weight is 200 g/mol. The maximum Gasteiger partial charge on any atom is 0.270 e. The Kier molecular flexibility index (Phi) is 3.39. The van der Waals surface area contributed by atoms with E-state index in [0.29, 0.717) is 5.69 Å². The van der Waals surface area contributed by atoms with Crippen molar-refractivity contribution in [1.82, 2.24) is 10.3 Å². The number of thiazole rings is 1. The second kappa shape index (κ2) is 4.34. The Labute approximate surface area is 80.6 Å². The lowest BCUT2D eigenvalue weighted by Crippen LogP contribution is -2.30. The number of aryl methyl sites for hydroxylation is 1. The molecule has 0 bridgehead atoms. The van der Waals surface area contributed by atoms with Crippen LogP contribution in [-0.2, 0) is 0 Å². The summed E-state index contributed by atoms with van der Waals surface area (Å²) in [6.07, 6.45) is -0.524. The monoisotopic (exact) mass is 200 g/mol. The van der Waals surface area contributed by atoms with Gasteiger partial charge in [0.1, 0.15) is 5.69 Å². The molecule has 0 aliphatic rings. The number of nitrogens with zero attached hydrogens (tertiary/aromatic N) is 1. The summed E-state index contributed by atoms with van der Waals surface area (Å²) in [7, 11) is 0. The largest absolute Gasteiger partial charge is 0.392 e. The lowest BCUT2D eigenvalue weighted by molar-refractivity contribution is 0.0919. The van der Waals surface area contributed by atoms with Crippen LogP contribution in [0.2, 0.25) is 0 Å². The van der Waals surface area contributed by atoms with Gasteiger partial charge in [0.2, 0.25) is 0 Å². The summed E-state index contributed by atoms with van der Waals surface area (Å²) in [4.78, 5) is 15.3. The van der Waals surface area contributed by atoms with E-state index >= 15 is 0 Å². The molecule has 1 amide bonds. The molecule has 1 heterocycles. The van der Waals surface area contributed by atoms with E-state index in [1.54, 1.807) is 12.3 Å². The predicted octanol–water partition coefficient (Wildman–Crippen LogP) is 0.562. The molecule has 0 saturated heterocycles. The molecule has 4 nitrogen and oxygen atoms in total. The van der Waals surface area contributed by atoms with Crippen molar-refractivity contribution in [3.63, 3.8) is 0 Å².